The van der Waals surface area contributed by atoms with Gasteiger partial charge in [0.1, 0.15) is 5.69 Å². The summed E-state index contributed by atoms with van der Waals surface area (Å²) in [5, 5.41) is 0.257. The van der Waals surface area contributed by atoms with Crippen molar-refractivity contribution < 1.29 is 13.2 Å². The fraction of sp³-hybridized carbons (Fsp3) is 0.214. The van der Waals surface area contributed by atoms with Crippen molar-refractivity contribution >= 4 is 27.3 Å². The fourth-order valence-electron chi connectivity index (χ4n) is 2.12. The van der Waals surface area contributed by atoms with E-state index in [0.29, 0.717) is 5.56 Å². The van der Waals surface area contributed by atoms with Crippen LogP contribution in [0, 0.1) is 0 Å². The van der Waals surface area contributed by atoms with Crippen molar-refractivity contribution in [3.05, 3.63) is 61.4 Å². The lowest BCUT2D eigenvalue weighted by atomic mass is 10.2. The number of carbonyl (C=O) groups is 1. The lowest BCUT2D eigenvalue weighted by Crippen LogP contribution is -2.32. The molecule has 0 radical (unpaired) electrons. The van der Waals surface area contributed by atoms with Crippen molar-refractivity contribution in [1.29, 1.82) is 0 Å². The molecule has 8 nitrogen and oxygen atoms in total. The summed E-state index contributed by atoms with van der Waals surface area (Å²) in [5.41, 5.74) is -1.34. The number of nitrogens with one attached hydrogen (secondary N) is 2. The SMILES string of the molecule is CN(Cc1ccc(Cl)cc1S(C)(=O)=O)C(=O)c1cc(=O)[nH]c(=O)[nH]1. The van der Waals surface area contributed by atoms with Crippen molar-refractivity contribution in [3.8, 4) is 0 Å². The number of sulfone groups is 1. The van der Waals surface area contributed by atoms with Gasteiger partial charge in [-0.3, -0.25) is 14.6 Å². The summed E-state index contributed by atoms with van der Waals surface area (Å²) < 4.78 is 23.7. The van der Waals surface area contributed by atoms with Gasteiger partial charge in [-0.1, -0.05) is 17.7 Å². The van der Waals surface area contributed by atoms with Gasteiger partial charge in [0.05, 0.1) is 4.90 Å². The second-order valence-electron chi connectivity index (χ2n) is 5.19. The van der Waals surface area contributed by atoms with Crippen LogP contribution in [0.1, 0.15) is 16.1 Å². The minimum absolute atomic E-state index is 0.00838. The minimum atomic E-state index is -3.54. The maximum Gasteiger partial charge on any atom is 0.326 e. The molecule has 1 aromatic heterocycles. The van der Waals surface area contributed by atoms with E-state index in [1.165, 1.54) is 30.1 Å². The van der Waals surface area contributed by atoms with Crippen LogP contribution in [0.2, 0.25) is 5.02 Å². The fourth-order valence-corrected chi connectivity index (χ4v) is 3.31. The number of hydrogen-bond donors (Lipinski definition) is 2. The van der Waals surface area contributed by atoms with Crippen LogP contribution in [0.3, 0.4) is 0 Å². The highest BCUT2D eigenvalue weighted by Gasteiger charge is 2.19. The molecular weight excluding hydrogens is 358 g/mol. The maximum absolute atomic E-state index is 12.3. The maximum atomic E-state index is 12.3. The van der Waals surface area contributed by atoms with E-state index in [9.17, 15) is 22.8 Å². The average molecular weight is 372 g/mol. The van der Waals surface area contributed by atoms with E-state index in [1.54, 1.807) is 0 Å². The van der Waals surface area contributed by atoms with Gasteiger partial charge in [-0.05, 0) is 17.7 Å². The molecule has 24 heavy (non-hydrogen) atoms. The summed E-state index contributed by atoms with van der Waals surface area (Å²) in [6, 6.07) is 5.28. The van der Waals surface area contributed by atoms with E-state index < -0.39 is 27.0 Å². The summed E-state index contributed by atoms with van der Waals surface area (Å²) in [5.74, 6) is -0.632. The lowest BCUT2D eigenvalue weighted by molar-refractivity contribution is 0.0777. The number of hydrogen-bond acceptors (Lipinski definition) is 5. The molecule has 0 bridgehead atoms. The van der Waals surface area contributed by atoms with Gasteiger partial charge in [-0.2, -0.15) is 0 Å². The normalized spacial score (nSPS) is 11.3. The van der Waals surface area contributed by atoms with Crippen LogP contribution in [0.15, 0.2) is 38.8 Å². The molecule has 0 aliphatic rings. The first kappa shape index (κ1) is 18.0. The number of H-pyrrole nitrogens is 2. The third-order valence-electron chi connectivity index (χ3n) is 3.17. The molecule has 2 N–H and O–H groups in total. The van der Waals surface area contributed by atoms with E-state index in [1.807, 2.05) is 4.98 Å². The molecule has 0 atom stereocenters. The van der Waals surface area contributed by atoms with Gasteiger partial charge < -0.3 is 9.88 Å². The highest BCUT2D eigenvalue weighted by Crippen LogP contribution is 2.22. The summed E-state index contributed by atoms with van der Waals surface area (Å²) in [6.07, 6.45) is 1.04. The number of aromatic amines is 2. The first-order valence-electron chi connectivity index (χ1n) is 6.65. The van der Waals surface area contributed by atoms with Crippen LogP contribution in [0.4, 0.5) is 0 Å². The van der Waals surface area contributed by atoms with Crippen LogP contribution in [0.5, 0.6) is 0 Å². The zero-order valence-electron chi connectivity index (χ0n) is 12.8. The summed E-state index contributed by atoms with van der Waals surface area (Å²) in [7, 11) is -2.12. The third kappa shape index (κ3) is 4.12. The molecule has 0 aliphatic carbocycles. The zero-order chi connectivity index (χ0) is 18.1. The number of rotatable bonds is 4. The first-order chi connectivity index (χ1) is 11.1. The van der Waals surface area contributed by atoms with Crippen molar-refractivity contribution in [2.75, 3.05) is 13.3 Å². The van der Waals surface area contributed by atoms with Crippen molar-refractivity contribution in [1.82, 2.24) is 14.9 Å². The Morgan fingerprint density at radius 1 is 1.21 bits per heavy atom. The van der Waals surface area contributed by atoms with Gasteiger partial charge in [0.15, 0.2) is 9.84 Å². The summed E-state index contributed by atoms with van der Waals surface area (Å²) in [4.78, 5) is 40.2. The van der Waals surface area contributed by atoms with Crippen LogP contribution in [0.25, 0.3) is 0 Å². The van der Waals surface area contributed by atoms with Gasteiger partial charge in [0.25, 0.3) is 11.5 Å². The third-order valence-corrected chi connectivity index (χ3v) is 4.59. The van der Waals surface area contributed by atoms with E-state index in [4.69, 9.17) is 11.6 Å². The molecule has 2 aromatic rings. The molecule has 1 heterocycles. The Morgan fingerprint density at radius 2 is 1.88 bits per heavy atom. The van der Waals surface area contributed by atoms with Crippen molar-refractivity contribution in [2.45, 2.75) is 11.4 Å². The number of nitrogens with zero attached hydrogens (tertiary/aromatic N) is 1. The molecule has 1 aromatic carbocycles. The number of amides is 1. The predicted octanol–water partition coefficient (Wildman–Crippen LogP) is 0.392. The number of carbonyl (C=O) groups excluding carboxylic acids is 1. The second-order valence-corrected chi connectivity index (χ2v) is 7.61. The quantitative estimate of drug-likeness (QED) is 0.805. The molecule has 2 rings (SSSR count). The van der Waals surface area contributed by atoms with Crippen LogP contribution >= 0.6 is 11.6 Å². The minimum Gasteiger partial charge on any atom is -0.336 e. The highest BCUT2D eigenvalue weighted by molar-refractivity contribution is 7.90. The lowest BCUT2D eigenvalue weighted by Gasteiger charge is -2.18. The molecule has 1 amide bonds. The Kier molecular flexibility index (Phi) is 4.95. The van der Waals surface area contributed by atoms with Crippen LogP contribution in [-0.4, -0.2) is 42.5 Å². The van der Waals surface area contributed by atoms with E-state index in [-0.39, 0.29) is 22.2 Å². The predicted molar refractivity (Wildman–Crippen MR) is 88.0 cm³/mol. The van der Waals surface area contributed by atoms with Gasteiger partial charge in [-0.25, -0.2) is 13.2 Å². The van der Waals surface area contributed by atoms with Crippen molar-refractivity contribution in [2.24, 2.45) is 0 Å². The average Bonchev–Trinajstić information content (AvgIpc) is 2.46. The van der Waals surface area contributed by atoms with E-state index in [2.05, 4.69) is 4.98 Å². The van der Waals surface area contributed by atoms with Crippen LogP contribution in [-0.2, 0) is 16.4 Å². The van der Waals surface area contributed by atoms with E-state index in [0.717, 1.165) is 12.3 Å². The van der Waals surface area contributed by atoms with Gasteiger partial charge in [0.2, 0.25) is 0 Å². The van der Waals surface area contributed by atoms with Gasteiger partial charge >= 0.3 is 5.69 Å². The standard InChI is InChI=1S/C14H14ClN3O5S/c1-18(13(20)10-6-12(19)17-14(21)16-10)7-8-3-4-9(15)5-11(8)24(2,22)23/h3-6H,7H2,1-2H3,(H2,16,17,19,21). The number of aromatic nitrogens is 2. The Bertz CT molecular complexity index is 981. The molecular formula is C14H14ClN3O5S. The summed E-state index contributed by atoms with van der Waals surface area (Å²) >= 11 is 5.83. The molecule has 0 aliphatic heterocycles. The Balaban J connectivity index is 2.36. The van der Waals surface area contributed by atoms with Crippen molar-refractivity contribution in [3.63, 3.8) is 0 Å². The molecule has 0 fully saturated rings. The summed E-state index contributed by atoms with van der Waals surface area (Å²) in [6.45, 7) is -0.0484. The number of halogens is 1. The molecule has 0 saturated heterocycles. The molecule has 0 unspecified atom stereocenters. The Labute approximate surface area is 142 Å². The van der Waals surface area contributed by atoms with E-state index >= 15 is 0 Å². The first-order valence-corrected chi connectivity index (χ1v) is 8.92. The molecule has 0 spiro atoms. The second kappa shape index (κ2) is 6.62. The smallest absolute Gasteiger partial charge is 0.326 e. The highest BCUT2D eigenvalue weighted by atomic mass is 35.5. The van der Waals surface area contributed by atoms with Gasteiger partial charge in [0, 0.05) is 30.9 Å². The molecule has 0 saturated carbocycles. The Morgan fingerprint density at radius 3 is 2.46 bits per heavy atom. The molecule has 128 valence electrons. The monoisotopic (exact) mass is 371 g/mol. The van der Waals surface area contributed by atoms with Gasteiger partial charge in [-0.15, -0.1) is 0 Å². The molecule has 10 heteroatoms. The largest absolute Gasteiger partial charge is 0.336 e. The zero-order valence-corrected chi connectivity index (χ0v) is 14.4. The number of benzene rings is 1. The topological polar surface area (TPSA) is 120 Å². The van der Waals surface area contributed by atoms with Crippen LogP contribution < -0.4 is 11.2 Å². The Hall–Kier alpha value is -2.39.